The van der Waals surface area contributed by atoms with E-state index in [1.807, 2.05) is 6.07 Å². The number of para-hydroxylation sites is 1. The van der Waals surface area contributed by atoms with E-state index in [4.69, 9.17) is 9.39 Å². The van der Waals surface area contributed by atoms with E-state index < -0.39 is 32.6 Å². The minimum absolute atomic E-state index is 0.0781. The second kappa shape index (κ2) is 7.71. The first-order valence-electron chi connectivity index (χ1n) is 5.92. The highest BCUT2D eigenvalue weighted by atomic mass is 32.3. The molecule has 1 aromatic carbocycles. The number of anilines is 1. The summed E-state index contributed by atoms with van der Waals surface area (Å²) in [7, 11) is -6.75. The highest BCUT2D eigenvalue weighted by molar-refractivity contribution is 7.91. The van der Waals surface area contributed by atoms with Crippen molar-refractivity contribution in [2.45, 2.75) is 0 Å². The highest BCUT2D eigenvalue weighted by Crippen LogP contribution is 2.13. The first-order chi connectivity index (χ1) is 9.73. The summed E-state index contributed by atoms with van der Waals surface area (Å²) in [5.74, 6) is -0.760. The first-order valence-corrected chi connectivity index (χ1v) is 9.11. The van der Waals surface area contributed by atoms with Gasteiger partial charge in [-0.2, -0.15) is 8.42 Å². The molecule has 0 amide bonds. The van der Waals surface area contributed by atoms with Crippen LogP contribution in [0.15, 0.2) is 30.3 Å². The number of hydrogen-bond acceptors (Lipinski definition) is 7. The molecule has 0 atom stereocenters. The lowest BCUT2D eigenvalue weighted by Crippen LogP contribution is -2.30. The molecule has 0 aromatic heterocycles. The Balaban J connectivity index is 2.52. The molecular formula is C11H17NO7S2. The van der Waals surface area contributed by atoms with Gasteiger partial charge in [0.25, 0.3) is 0 Å². The summed E-state index contributed by atoms with van der Waals surface area (Å²) < 4.78 is 56.4. The predicted molar refractivity (Wildman–Crippen MR) is 77.0 cm³/mol. The maximum Gasteiger partial charge on any atom is 0.397 e. The van der Waals surface area contributed by atoms with Crippen LogP contribution in [0, 0.1) is 0 Å². The summed E-state index contributed by atoms with van der Waals surface area (Å²) in [5, 5.41) is 1.40. The predicted octanol–water partition coefficient (Wildman–Crippen LogP) is 0.289. The molecule has 120 valence electrons. The Morgan fingerprint density at radius 2 is 1.71 bits per heavy atom. The van der Waals surface area contributed by atoms with Crippen molar-refractivity contribution in [1.82, 2.24) is 0 Å². The van der Waals surface area contributed by atoms with Crippen molar-refractivity contribution < 1.29 is 30.4 Å². The Kier molecular flexibility index (Phi) is 6.55. The average molecular weight is 339 g/mol. The Hall–Kier alpha value is -1.20. The molecule has 21 heavy (non-hydrogen) atoms. The fraction of sp³-hybridized carbons (Fsp3) is 0.455. The molecular weight excluding hydrogens is 322 g/mol. The van der Waals surface area contributed by atoms with Gasteiger partial charge in [0.15, 0.2) is 9.84 Å². The monoisotopic (exact) mass is 339 g/mol. The van der Waals surface area contributed by atoms with E-state index in [1.165, 1.54) is 12.2 Å². The number of benzene rings is 1. The van der Waals surface area contributed by atoms with E-state index in [0.29, 0.717) is 5.69 Å². The van der Waals surface area contributed by atoms with Crippen LogP contribution in [-0.4, -0.2) is 53.2 Å². The molecule has 0 unspecified atom stereocenters. The van der Waals surface area contributed by atoms with E-state index in [9.17, 15) is 16.8 Å². The van der Waals surface area contributed by atoms with Gasteiger partial charge in [-0.25, -0.2) is 12.6 Å². The SMILES string of the molecule is CON(CCS(=O)(=O)CCOS(=O)(=O)O)c1ccccc1. The average Bonchev–Trinajstić information content (AvgIpc) is 2.38. The lowest BCUT2D eigenvalue weighted by Gasteiger charge is -2.21. The van der Waals surface area contributed by atoms with Gasteiger partial charge in [-0.15, -0.1) is 0 Å². The first kappa shape index (κ1) is 17.9. The van der Waals surface area contributed by atoms with E-state index in [-0.39, 0.29) is 12.3 Å². The zero-order valence-corrected chi connectivity index (χ0v) is 13.0. The summed E-state index contributed by atoms with van der Waals surface area (Å²) >= 11 is 0. The summed E-state index contributed by atoms with van der Waals surface area (Å²) in [6, 6.07) is 8.92. The third-order valence-corrected chi connectivity index (χ3v) is 4.55. The van der Waals surface area contributed by atoms with Crippen molar-refractivity contribution in [1.29, 1.82) is 0 Å². The molecule has 0 bridgehead atoms. The summed E-state index contributed by atoms with van der Waals surface area (Å²) in [4.78, 5) is 5.09. The van der Waals surface area contributed by atoms with E-state index >= 15 is 0 Å². The minimum Gasteiger partial charge on any atom is -0.277 e. The Labute approximate surface area is 124 Å². The van der Waals surface area contributed by atoms with Crippen molar-refractivity contribution in [2.24, 2.45) is 0 Å². The number of hydroxylamine groups is 1. The topological polar surface area (TPSA) is 110 Å². The third kappa shape index (κ3) is 7.39. The summed E-state index contributed by atoms with van der Waals surface area (Å²) in [5.41, 5.74) is 0.699. The van der Waals surface area contributed by atoms with Crippen LogP contribution in [0.4, 0.5) is 5.69 Å². The Bertz CT molecular complexity index is 628. The van der Waals surface area contributed by atoms with Crippen LogP contribution >= 0.6 is 0 Å². The van der Waals surface area contributed by atoms with Crippen LogP contribution in [0.3, 0.4) is 0 Å². The molecule has 0 spiro atoms. The van der Waals surface area contributed by atoms with Gasteiger partial charge in [-0.1, -0.05) is 18.2 Å². The van der Waals surface area contributed by atoms with Crippen LogP contribution in [0.5, 0.6) is 0 Å². The highest BCUT2D eigenvalue weighted by Gasteiger charge is 2.16. The molecule has 0 saturated heterocycles. The molecule has 0 fully saturated rings. The van der Waals surface area contributed by atoms with Crippen molar-refractivity contribution in [2.75, 3.05) is 36.8 Å². The van der Waals surface area contributed by atoms with Gasteiger partial charge in [0.1, 0.15) is 0 Å². The van der Waals surface area contributed by atoms with Crippen molar-refractivity contribution in [3.05, 3.63) is 30.3 Å². The minimum atomic E-state index is -4.63. The van der Waals surface area contributed by atoms with Gasteiger partial charge in [0, 0.05) is 0 Å². The molecule has 0 saturated carbocycles. The van der Waals surface area contributed by atoms with Gasteiger partial charge in [-0.05, 0) is 12.1 Å². The van der Waals surface area contributed by atoms with E-state index in [0.717, 1.165) is 0 Å². The van der Waals surface area contributed by atoms with Crippen LogP contribution in [0.1, 0.15) is 0 Å². The van der Waals surface area contributed by atoms with Gasteiger partial charge >= 0.3 is 10.4 Å². The summed E-state index contributed by atoms with van der Waals surface area (Å²) in [6.45, 7) is -0.547. The quantitative estimate of drug-likeness (QED) is 0.505. The lowest BCUT2D eigenvalue weighted by atomic mass is 10.3. The lowest BCUT2D eigenvalue weighted by molar-refractivity contribution is 0.171. The maximum atomic E-state index is 11.7. The second-order valence-electron chi connectivity index (χ2n) is 4.02. The van der Waals surface area contributed by atoms with E-state index in [1.54, 1.807) is 24.3 Å². The second-order valence-corrected chi connectivity index (χ2v) is 7.42. The van der Waals surface area contributed by atoms with Crippen LogP contribution in [0.2, 0.25) is 0 Å². The molecule has 10 heteroatoms. The van der Waals surface area contributed by atoms with Crippen LogP contribution in [-0.2, 0) is 29.3 Å². The normalized spacial score (nSPS) is 12.3. The van der Waals surface area contributed by atoms with Gasteiger partial charge in [-0.3, -0.25) is 14.5 Å². The zero-order valence-electron chi connectivity index (χ0n) is 11.4. The van der Waals surface area contributed by atoms with Crippen molar-refractivity contribution in [3.63, 3.8) is 0 Å². The standard InChI is InChI=1S/C11H17NO7S2/c1-18-12(11-5-3-2-4-6-11)7-9-20(13,14)10-8-19-21(15,16)17/h2-6H,7-10H2,1H3,(H,15,16,17). The Morgan fingerprint density at radius 3 is 2.24 bits per heavy atom. The molecule has 0 radical (unpaired) electrons. The fourth-order valence-electron chi connectivity index (χ4n) is 1.51. The van der Waals surface area contributed by atoms with Gasteiger partial charge < -0.3 is 0 Å². The molecule has 0 heterocycles. The van der Waals surface area contributed by atoms with Crippen molar-refractivity contribution >= 4 is 25.9 Å². The number of nitrogens with zero attached hydrogens (tertiary/aromatic N) is 1. The molecule has 8 nitrogen and oxygen atoms in total. The van der Waals surface area contributed by atoms with Crippen LogP contribution < -0.4 is 5.06 Å². The number of hydrogen-bond donors (Lipinski definition) is 1. The third-order valence-electron chi connectivity index (χ3n) is 2.50. The molecule has 0 aliphatic heterocycles. The largest absolute Gasteiger partial charge is 0.397 e. The summed E-state index contributed by atoms with van der Waals surface area (Å²) in [6.07, 6.45) is 0. The molecule has 0 aliphatic carbocycles. The Morgan fingerprint density at radius 1 is 1.10 bits per heavy atom. The van der Waals surface area contributed by atoms with Crippen molar-refractivity contribution in [3.8, 4) is 0 Å². The number of sulfone groups is 1. The van der Waals surface area contributed by atoms with Crippen LogP contribution in [0.25, 0.3) is 0 Å². The fourth-order valence-corrected chi connectivity index (χ4v) is 2.90. The number of rotatable bonds is 9. The molecule has 1 aromatic rings. The zero-order chi connectivity index (χ0) is 15.9. The van der Waals surface area contributed by atoms with E-state index in [2.05, 4.69) is 4.18 Å². The molecule has 1 rings (SSSR count). The smallest absolute Gasteiger partial charge is 0.277 e. The van der Waals surface area contributed by atoms with Gasteiger partial charge in [0.2, 0.25) is 0 Å². The molecule has 0 aliphatic rings. The molecule has 1 N–H and O–H groups in total. The maximum absolute atomic E-state index is 11.7. The van der Waals surface area contributed by atoms with Gasteiger partial charge in [0.05, 0.1) is 37.5 Å².